The topological polar surface area (TPSA) is 122 Å². The Morgan fingerprint density at radius 2 is 1.69 bits per heavy atom. The van der Waals surface area contributed by atoms with Crippen LogP contribution in [0.25, 0.3) is 0 Å². The number of nitro benzene ring substituents is 1. The predicted molar refractivity (Wildman–Crippen MR) is 92.8 cm³/mol. The SMILES string of the molecule is O=C1NC(c2ccc([N+](=O)[O-])cc2)C(C(=O)c2ccccc2)C(O)(C(F)(F)F)N1. The molecule has 2 aromatic carbocycles. The lowest BCUT2D eigenvalue weighted by atomic mass is 9.77. The smallest absolute Gasteiger partial charge is 0.363 e. The number of aliphatic hydroxyl groups is 1. The molecule has 3 rings (SSSR count). The third-order valence-electron chi connectivity index (χ3n) is 4.61. The van der Waals surface area contributed by atoms with Gasteiger partial charge in [0, 0.05) is 17.7 Å². The lowest BCUT2D eigenvalue weighted by molar-refractivity contribution is -0.384. The summed E-state index contributed by atoms with van der Waals surface area (Å²) in [6.07, 6.45) is -5.38. The largest absolute Gasteiger partial charge is 0.437 e. The van der Waals surface area contributed by atoms with Gasteiger partial charge in [0.15, 0.2) is 5.78 Å². The minimum absolute atomic E-state index is 0.0117. The molecule has 0 radical (unpaired) electrons. The summed E-state index contributed by atoms with van der Waals surface area (Å²) in [6, 6.07) is 8.36. The molecule has 3 atom stereocenters. The van der Waals surface area contributed by atoms with Crippen LogP contribution in [0.15, 0.2) is 54.6 Å². The maximum absolute atomic E-state index is 13.8. The first-order chi connectivity index (χ1) is 13.5. The Morgan fingerprint density at radius 3 is 2.21 bits per heavy atom. The lowest BCUT2D eigenvalue weighted by Crippen LogP contribution is -2.72. The zero-order chi connectivity index (χ0) is 21.4. The molecular formula is C18H14F3N3O5. The maximum Gasteiger partial charge on any atom is 0.437 e. The molecule has 1 aliphatic heterocycles. The number of ketones is 1. The van der Waals surface area contributed by atoms with Gasteiger partial charge in [0.05, 0.1) is 11.0 Å². The van der Waals surface area contributed by atoms with Crippen LogP contribution in [0.2, 0.25) is 0 Å². The van der Waals surface area contributed by atoms with E-state index in [9.17, 15) is 38.0 Å². The summed E-state index contributed by atoms with van der Waals surface area (Å²) in [7, 11) is 0. The molecule has 3 unspecified atom stereocenters. The maximum atomic E-state index is 13.8. The van der Waals surface area contributed by atoms with Gasteiger partial charge in [-0.15, -0.1) is 0 Å². The number of carbonyl (C=O) groups is 2. The predicted octanol–water partition coefficient (Wildman–Crippen LogP) is 2.70. The van der Waals surface area contributed by atoms with Crippen LogP contribution < -0.4 is 10.6 Å². The monoisotopic (exact) mass is 409 g/mol. The van der Waals surface area contributed by atoms with Crippen molar-refractivity contribution in [3.05, 3.63) is 75.8 Å². The van der Waals surface area contributed by atoms with Crippen molar-refractivity contribution in [3.8, 4) is 0 Å². The van der Waals surface area contributed by atoms with Gasteiger partial charge >= 0.3 is 12.2 Å². The summed E-state index contributed by atoms with van der Waals surface area (Å²) in [5.74, 6) is -3.26. The van der Waals surface area contributed by atoms with E-state index in [0.717, 1.165) is 24.3 Å². The Balaban J connectivity index is 2.14. The number of non-ortho nitro benzene ring substituents is 1. The van der Waals surface area contributed by atoms with Crippen LogP contribution in [0, 0.1) is 16.0 Å². The summed E-state index contributed by atoms with van der Waals surface area (Å²) in [5.41, 5.74) is -4.30. The molecule has 1 fully saturated rings. The van der Waals surface area contributed by atoms with E-state index < -0.39 is 40.6 Å². The standard InChI is InChI=1S/C18H14F3N3O5/c19-18(20,21)17(27)13(15(25)11-4-2-1-3-5-11)14(22-16(26)23-17)10-6-8-12(9-7-10)24(28)29/h1-9,13-14,27H,(H2,22,23,26). The summed E-state index contributed by atoms with van der Waals surface area (Å²) >= 11 is 0. The second-order valence-corrected chi connectivity index (χ2v) is 6.40. The van der Waals surface area contributed by atoms with Gasteiger partial charge in [-0.25, -0.2) is 4.79 Å². The zero-order valence-electron chi connectivity index (χ0n) is 14.5. The quantitative estimate of drug-likeness (QED) is 0.407. The van der Waals surface area contributed by atoms with Gasteiger partial charge in [-0.1, -0.05) is 42.5 Å². The van der Waals surface area contributed by atoms with Crippen molar-refractivity contribution >= 4 is 17.5 Å². The van der Waals surface area contributed by atoms with Crippen LogP contribution in [0.3, 0.4) is 0 Å². The molecule has 0 bridgehead atoms. The molecule has 0 saturated carbocycles. The number of benzene rings is 2. The van der Waals surface area contributed by atoms with E-state index in [1.807, 2.05) is 0 Å². The van der Waals surface area contributed by atoms with E-state index >= 15 is 0 Å². The fraction of sp³-hybridized carbons (Fsp3) is 0.222. The number of nitrogens with zero attached hydrogens (tertiary/aromatic N) is 1. The summed E-state index contributed by atoms with van der Waals surface area (Å²) < 4.78 is 41.3. The summed E-state index contributed by atoms with van der Waals surface area (Å²) in [5, 5.41) is 24.9. The number of rotatable bonds is 4. The highest BCUT2D eigenvalue weighted by molar-refractivity contribution is 6.00. The van der Waals surface area contributed by atoms with E-state index in [0.29, 0.717) is 0 Å². The molecule has 3 N–H and O–H groups in total. The highest BCUT2D eigenvalue weighted by atomic mass is 19.4. The first-order valence-electron chi connectivity index (χ1n) is 8.26. The number of urea groups is 1. The average molecular weight is 409 g/mol. The third-order valence-corrected chi connectivity index (χ3v) is 4.61. The van der Waals surface area contributed by atoms with Gasteiger partial charge in [-0.3, -0.25) is 14.9 Å². The molecule has 1 heterocycles. The number of alkyl halides is 3. The van der Waals surface area contributed by atoms with Gasteiger partial charge in [0.1, 0.15) is 5.92 Å². The normalized spacial score (nSPS) is 24.3. The first kappa shape index (κ1) is 20.3. The number of nitro groups is 1. The minimum Gasteiger partial charge on any atom is -0.363 e. The first-order valence-corrected chi connectivity index (χ1v) is 8.26. The molecule has 1 saturated heterocycles. The fourth-order valence-electron chi connectivity index (χ4n) is 3.20. The molecule has 29 heavy (non-hydrogen) atoms. The van der Waals surface area contributed by atoms with E-state index in [-0.39, 0.29) is 16.8 Å². The molecule has 2 amide bonds. The summed E-state index contributed by atoms with van der Waals surface area (Å²) in [6.45, 7) is 0. The molecule has 2 aromatic rings. The van der Waals surface area contributed by atoms with Crippen molar-refractivity contribution in [1.82, 2.24) is 10.6 Å². The zero-order valence-corrected chi connectivity index (χ0v) is 14.5. The van der Waals surface area contributed by atoms with Crippen LogP contribution in [0.1, 0.15) is 22.0 Å². The molecule has 0 aromatic heterocycles. The van der Waals surface area contributed by atoms with E-state index in [4.69, 9.17) is 0 Å². The molecule has 152 valence electrons. The molecule has 1 aliphatic rings. The number of hydrogen-bond donors (Lipinski definition) is 3. The molecule has 8 nitrogen and oxygen atoms in total. The minimum atomic E-state index is -5.38. The Morgan fingerprint density at radius 1 is 1.10 bits per heavy atom. The number of nitrogens with one attached hydrogen (secondary N) is 2. The highest BCUT2D eigenvalue weighted by Crippen LogP contribution is 2.44. The lowest BCUT2D eigenvalue weighted by Gasteiger charge is -2.45. The van der Waals surface area contributed by atoms with Crippen molar-refractivity contribution in [2.75, 3.05) is 0 Å². The Hall–Kier alpha value is -3.47. The van der Waals surface area contributed by atoms with Crippen molar-refractivity contribution in [1.29, 1.82) is 0 Å². The molecule has 0 aliphatic carbocycles. The van der Waals surface area contributed by atoms with Crippen LogP contribution in [0.4, 0.5) is 23.7 Å². The second kappa shape index (κ2) is 7.17. The van der Waals surface area contributed by atoms with Crippen LogP contribution in [-0.4, -0.2) is 33.7 Å². The Bertz CT molecular complexity index is 949. The van der Waals surface area contributed by atoms with Crippen molar-refractivity contribution in [3.63, 3.8) is 0 Å². The highest BCUT2D eigenvalue weighted by Gasteiger charge is 2.66. The third kappa shape index (κ3) is 3.63. The van der Waals surface area contributed by atoms with E-state index in [1.54, 1.807) is 6.07 Å². The van der Waals surface area contributed by atoms with Gasteiger partial charge < -0.3 is 15.7 Å². The van der Waals surface area contributed by atoms with Gasteiger partial charge in [0.2, 0.25) is 5.72 Å². The Labute approximate surface area is 161 Å². The average Bonchev–Trinajstić information content (AvgIpc) is 2.67. The molecule has 11 heteroatoms. The van der Waals surface area contributed by atoms with Crippen molar-refractivity contribution in [2.24, 2.45) is 5.92 Å². The van der Waals surface area contributed by atoms with Crippen LogP contribution >= 0.6 is 0 Å². The van der Waals surface area contributed by atoms with Crippen LogP contribution in [0.5, 0.6) is 0 Å². The van der Waals surface area contributed by atoms with E-state index in [1.165, 1.54) is 29.6 Å². The number of hydrogen-bond acceptors (Lipinski definition) is 5. The number of amides is 2. The van der Waals surface area contributed by atoms with Gasteiger partial charge in [-0.05, 0) is 5.56 Å². The summed E-state index contributed by atoms with van der Waals surface area (Å²) in [4.78, 5) is 35.0. The number of carbonyl (C=O) groups excluding carboxylic acids is 2. The fourth-order valence-corrected chi connectivity index (χ4v) is 3.20. The van der Waals surface area contributed by atoms with Gasteiger partial charge in [-0.2, -0.15) is 13.2 Å². The second-order valence-electron chi connectivity index (χ2n) is 6.40. The van der Waals surface area contributed by atoms with E-state index in [2.05, 4.69) is 5.32 Å². The van der Waals surface area contributed by atoms with Crippen molar-refractivity contribution < 1.29 is 32.8 Å². The van der Waals surface area contributed by atoms with Crippen molar-refractivity contribution in [2.45, 2.75) is 17.9 Å². The number of halogens is 3. The Kier molecular flexibility index (Phi) is 5.01. The molecule has 0 spiro atoms. The van der Waals surface area contributed by atoms with Gasteiger partial charge in [0.25, 0.3) is 5.69 Å². The van der Waals surface area contributed by atoms with Crippen LogP contribution in [-0.2, 0) is 0 Å². The number of Topliss-reactive ketones (excluding diaryl/α,β-unsaturated/α-hetero) is 1. The molecular weight excluding hydrogens is 395 g/mol.